The number of nitrogens with one attached hydrogen (secondary N) is 1. The number of amides is 1. The van der Waals surface area contributed by atoms with Gasteiger partial charge < -0.3 is 14.6 Å². The predicted octanol–water partition coefficient (Wildman–Crippen LogP) is 4.93. The number of imidazole rings is 1. The van der Waals surface area contributed by atoms with Gasteiger partial charge in [-0.25, -0.2) is 4.98 Å². The summed E-state index contributed by atoms with van der Waals surface area (Å²) in [7, 11) is 1.69. The molecule has 0 bridgehead atoms. The standard InChI is InChI=1S/C30H34N4O2/c1-22-8-3-4-9-24(22)18-31-30(35)25-10-7-17-33(20-25)21-29-32-27-11-5-6-12-28(27)34(29)19-23-13-15-26(36-2)16-14-23/h3-6,8-9,11-16,25H,7,10,17-21H2,1-2H3,(H,31,35)/t25-/m1/s1. The van der Waals surface area contributed by atoms with E-state index in [-0.39, 0.29) is 11.8 Å². The van der Waals surface area contributed by atoms with Crippen LogP contribution in [0.25, 0.3) is 11.0 Å². The summed E-state index contributed by atoms with van der Waals surface area (Å²) in [6.45, 7) is 5.88. The Labute approximate surface area is 212 Å². The number of hydrogen-bond acceptors (Lipinski definition) is 4. The summed E-state index contributed by atoms with van der Waals surface area (Å²) >= 11 is 0. The third kappa shape index (κ3) is 5.44. The molecule has 186 valence electrons. The van der Waals surface area contributed by atoms with Gasteiger partial charge in [0.05, 0.1) is 30.6 Å². The maximum absolute atomic E-state index is 13.0. The van der Waals surface area contributed by atoms with Crippen molar-refractivity contribution in [2.24, 2.45) is 5.92 Å². The van der Waals surface area contributed by atoms with Crippen molar-refractivity contribution in [3.05, 3.63) is 95.3 Å². The summed E-state index contributed by atoms with van der Waals surface area (Å²) in [5.41, 5.74) is 5.72. The zero-order valence-electron chi connectivity index (χ0n) is 21.1. The molecule has 0 unspecified atom stereocenters. The fourth-order valence-electron chi connectivity index (χ4n) is 5.08. The zero-order chi connectivity index (χ0) is 24.9. The van der Waals surface area contributed by atoms with Crippen molar-refractivity contribution >= 4 is 16.9 Å². The molecule has 1 fully saturated rings. The summed E-state index contributed by atoms with van der Waals surface area (Å²) in [4.78, 5) is 20.4. The second kappa shape index (κ2) is 11.0. The van der Waals surface area contributed by atoms with E-state index in [1.165, 1.54) is 16.7 Å². The highest BCUT2D eigenvalue weighted by Crippen LogP contribution is 2.23. The fourth-order valence-corrected chi connectivity index (χ4v) is 5.08. The molecule has 3 aromatic carbocycles. The number of fused-ring (bicyclic) bond motifs is 1. The van der Waals surface area contributed by atoms with Crippen LogP contribution in [0.1, 0.15) is 35.4 Å². The number of aromatic nitrogens is 2. The van der Waals surface area contributed by atoms with E-state index in [1.54, 1.807) is 7.11 Å². The molecule has 1 saturated heterocycles. The summed E-state index contributed by atoms with van der Waals surface area (Å²) in [5, 5.41) is 3.17. The molecular formula is C30H34N4O2. The lowest BCUT2D eigenvalue weighted by atomic mass is 9.97. The van der Waals surface area contributed by atoms with Crippen LogP contribution in [0.4, 0.5) is 0 Å². The molecule has 0 saturated carbocycles. The van der Waals surface area contributed by atoms with E-state index in [0.29, 0.717) is 6.54 Å². The van der Waals surface area contributed by atoms with Gasteiger partial charge in [0.2, 0.25) is 5.91 Å². The minimum Gasteiger partial charge on any atom is -0.497 e. The summed E-state index contributed by atoms with van der Waals surface area (Å²) in [5.74, 6) is 2.04. The van der Waals surface area contributed by atoms with Crippen LogP contribution in [0.3, 0.4) is 0 Å². The topological polar surface area (TPSA) is 59.4 Å². The lowest BCUT2D eigenvalue weighted by Crippen LogP contribution is -2.42. The Balaban J connectivity index is 1.29. The number of nitrogens with zero attached hydrogens (tertiary/aromatic N) is 3. The van der Waals surface area contributed by atoms with Gasteiger partial charge >= 0.3 is 0 Å². The van der Waals surface area contributed by atoms with E-state index < -0.39 is 0 Å². The third-order valence-electron chi connectivity index (χ3n) is 7.19. The molecule has 1 aliphatic rings. The molecule has 1 aliphatic heterocycles. The Morgan fingerprint density at radius 3 is 2.61 bits per heavy atom. The number of carbonyl (C=O) groups is 1. The normalized spacial score (nSPS) is 16.2. The molecule has 1 aromatic heterocycles. The molecule has 6 heteroatoms. The van der Waals surface area contributed by atoms with Crippen LogP contribution < -0.4 is 10.1 Å². The molecule has 4 aromatic rings. The van der Waals surface area contributed by atoms with Crippen molar-refractivity contribution in [3.63, 3.8) is 0 Å². The molecule has 1 N–H and O–H groups in total. The van der Waals surface area contributed by atoms with Crippen molar-refractivity contribution in [1.82, 2.24) is 19.8 Å². The van der Waals surface area contributed by atoms with E-state index in [2.05, 4.69) is 64.2 Å². The summed E-state index contributed by atoms with van der Waals surface area (Å²) in [6, 6.07) is 24.7. The van der Waals surface area contributed by atoms with E-state index in [1.807, 2.05) is 30.3 Å². The highest BCUT2D eigenvalue weighted by molar-refractivity contribution is 5.79. The molecule has 1 amide bonds. The van der Waals surface area contributed by atoms with E-state index in [9.17, 15) is 4.79 Å². The number of carbonyl (C=O) groups excluding carboxylic acids is 1. The number of methoxy groups -OCH3 is 1. The van der Waals surface area contributed by atoms with Crippen LogP contribution in [-0.4, -0.2) is 40.6 Å². The molecule has 2 heterocycles. The first kappa shape index (κ1) is 24.1. The maximum atomic E-state index is 13.0. The van der Waals surface area contributed by atoms with Gasteiger partial charge in [-0.3, -0.25) is 9.69 Å². The molecule has 0 spiro atoms. The molecule has 36 heavy (non-hydrogen) atoms. The number of rotatable bonds is 8. The van der Waals surface area contributed by atoms with E-state index in [0.717, 1.165) is 61.6 Å². The third-order valence-corrected chi connectivity index (χ3v) is 7.19. The van der Waals surface area contributed by atoms with Crippen LogP contribution in [0.2, 0.25) is 0 Å². The molecule has 0 aliphatic carbocycles. The molecular weight excluding hydrogens is 448 g/mol. The highest BCUT2D eigenvalue weighted by atomic mass is 16.5. The van der Waals surface area contributed by atoms with Crippen molar-refractivity contribution in [3.8, 4) is 5.75 Å². The lowest BCUT2D eigenvalue weighted by molar-refractivity contribution is -0.127. The first-order chi connectivity index (χ1) is 17.6. The second-order valence-electron chi connectivity index (χ2n) is 9.67. The van der Waals surface area contributed by atoms with Gasteiger partial charge in [-0.2, -0.15) is 0 Å². The van der Waals surface area contributed by atoms with Crippen LogP contribution in [-0.2, 0) is 24.4 Å². The first-order valence-corrected chi connectivity index (χ1v) is 12.7. The van der Waals surface area contributed by atoms with Crippen molar-refractivity contribution in [2.75, 3.05) is 20.2 Å². The highest BCUT2D eigenvalue weighted by Gasteiger charge is 2.27. The molecule has 6 nitrogen and oxygen atoms in total. The number of likely N-dealkylation sites (tertiary alicyclic amines) is 1. The van der Waals surface area contributed by atoms with Crippen LogP contribution in [0, 0.1) is 12.8 Å². The average molecular weight is 483 g/mol. The van der Waals surface area contributed by atoms with Crippen LogP contribution in [0.15, 0.2) is 72.8 Å². The van der Waals surface area contributed by atoms with Crippen molar-refractivity contribution < 1.29 is 9.53 Å². The second-order valence-corrected chi connectivity index (χ2v) is 9.67. The van der Waals surface area contributed by atoms with E-state index in [4.69, 9.17) is 9.72 Å². The molecule has 0 radical (unpaired) electrons. The number of hydrogen-bond donors (Lipinski definition) is 1. The summed E-state index contributed by atoms with van der Waals surface area (Å²) in [6.07, 6.45) is 1.94. The first-order valence-electron chi connectivity index (χ1n) is 12.7. The maximum Gasteiger partial charge on any atom is 0.224 e. The largest absolute Gasteiger partial charge is 0.497 e. The van der Waals surface area contributed by atoms with Crippen LogP contribution >= 0.6 is 0 Å². The number of aryl methyl sites for hydroxylation is 1. The van der Waals surface area contributed by atoms with Crippen molar-refractivity contribution in [2.45, 2.75) is 39.4 Å². The average Bonchev–Trinajstić information content (AvgIpc) is 3.25. The Morgan fingerprint density at radius 1 is 1.03 bits per heavy atom. The van der Waals surface area contributed by atoms with Gasteiger partial charge in [0.1, 0.15) is 11.6 Å². The lowest BCUT2D eigenvalue weighted by Gasteiger charge is -2.32. The van der Waals surface area contributed by atoms with Gasteiger partial charge in [-0.05, 0) is 67.3 Å². The monoisotopic (exact) mass is 482 g/mol. The molecule has 5 rings (SSSR count). The van der Waals surface area contributed by atoms with E-state index >= 15 is 0 Å². The fraction of sp³-hybridized carbons (Fsp3) is 0.333. The van der Waals surface area contributed by atoms with Gasteiger partial charge in [-0.1, -0.05) is 48.5 Å². The van der Waals surface area contributed by atoms with Crippen LogP contribution in [0.5, 0.6) is 5.75 Å². The molecule has 1 atom stereocenters. The Bertz CT molecular complexity index is 1330. The Morgan fingerprint density at radius 2 is 1.81 bits per heavy atom. The number of benzene rings is 3. The number of para-hydroxylation sites is 2. The SMILES string of the molecule is COc1ccc(Cn2c(CN3CCC[C@@H](C(=O)NCc4ccccc4C)C3)nc3ccccc32)cc1. The van der Waals surface area contributed by atoms with Gasteiger partial charge in [0.15, 0.2) is 0 Å². The summed E-state index contributed by atoms with van der Waals surface area (Å²) < 4.78 is 7.62. The minimum absolute atomic E-state index is 0.00202. The quantitative estimate of drug-likeness (QED) is 0.387. The Kier molecular flexibility index (Phi) is 7.33. The van der Waals surface area contributed by atoms with Gasteiger partial charge in [-0.15, -0.1) is 0 Å². The van der Waals surface area contributed by atoms with Crippen molar-refractivity contribution in [1.29, 1.82) is 0 Å². The number of ether oxygens (including phenoxy) is 1. The Hall–Kier alpha value is -3.64. The smallest absolute Gasteiger partial charge is 0.224 e. The predicted molar refractivity (Wildman–Crippen MR) is 143 cm³/mol. The minimum atomic E-state index is 0.00202. The zero-order valence-corrected chi connectivity index (χ0v) is 21.1. The van der Waals surface area contributed by atoms with Gasteiger partial charge in [0, 0.05) is 19.6 Å². The number of piperidine rings is 1. The van der Waals surface area contributed by atoms with Gasteiger partial charge in [0.25, 0.3) is 0 Å².